The first-order valence-corrected chi connectivity index (χ1v) is 5.38. The number of hydrogen-bond acceptors (Lipinski definition) is 2. The van der Waals surface area contributed by atoms with E-state index in [2.05, 4.69) is 5.32 Å². The summed E-state index contributed by atoms with van der Waals surface area (Å²) in [6.45, 7) is 3.68. The van der Waals surface area contributed by atoms with Crippen molar-refractivity contribution in [1.29, 1.82) is 0 Å². The molecule has 1 aromatic carbocycles. The summed E-state index contributed by atoms with van der Waals surface area (Å²) in [5.74, 6) is 0.884. The second-order valence-electron chi connectivity index (χ2n) is 3.40. The summed E-state index contributed by atoms with van der Waals surface area (Å²) in [4.78, 5) is 0. The maximum absolute atomic E-state index is 6.01. The Hall–Kier alpha value is -0.890. The van der Waals surface area contributed by atoms with Gasteiger partial charge in [-0.05, 0) is 31.4 Å². The van der Waals surface area contributed by atoms with E-state index in [1.165, 1.54) is 12.0 Å². The molecule has 1 N–H and O–H groups in total. The largest absolute Gasteiger partial charge is 0.492 e. The summed E-state index contributed by atoms with van der Waals surface area (Å²) in [5.41, 5.74) is 2.40. The van der Waals surface area contributed by atoms with Crippen LogP contribution in [0, 0.1) is 0 Å². The number of anilines is 1. The third kappa shape index (κ3) is 1.80. The Balaban J connectivity index is 2.41. The standard InChI is InChI=1S/C11H14ClNO/c1-2-14-10-7-9(12)6-8-4-3-5-13-11(8)10/h6-7,13H,2-5H2,1H3. The van der Waals surface area contributed by atoms with Crippen LogP contribution in [0.5, 0.6) is 5.75 Å². The van der Waals surface area contributed by atoms with Gasteiger partial charge in [0.05, 0.1) is 12.3 Å². The van der Waals surface area contributed by atoms with Crippen LogP contribution in [0.4, 0.5) is 5.69 Å². The maximum Gasteiger partial charge on any atom is 0.144 e. The lowest BCUT2D eigenvalue weighted by Gasteiger charge is -2.21. The van der Waals surface area contributed by atoms with E-state index < -0.39 is 0 Å². The van der Waals surface area contributed by atoms with Gasteiger partial charge in [0.15, 0.2) is 0 Å². The van der Waals surface area contributed by atoms with Crippen LogP contribution in [0.3, 0.4) is 0 Å². The summed E-state index contributed by atoms with van der Waals surface area (Å²) in [6.07, 6.45) is 2.25. The van der Waals surface area contributed by atoms with Crippen LogP contribution in [0.25, 0.3) is 0 Å². The average molecular weight is 212 g/mol. The number of aryl methyl sites for hydroxylation is 1. The molecular weight excluding hydrogens is 198 g/mol. The lowest BCUT2D eigenvalue weighted by atomic mass is 10.0. The van der Waals surface area contributed by atoms with Crippen molar-refractivity contribution in [3.8, 4) is 5.75 Å². The molecule has 1 heterocycles. The van der Waals surface area contributed by atoms with Crippen LogP contribution >= 0.6 is 11.6 Å². The fraction of sp³-hybridized carbons (Fsp3) is 0.455. The molecule has 0 atom stereocenters. The lowest BCUT2D eigenvalue weighted by molar-refractivity contribution is 0.341. The van der Waals surface area contributed by atoms with Gasteiger partial charge in [0, 0.05) is 17.6 Å². The number of halogens is 1. The molecule has 1 aliphatic rings. The number of hydrogen-bond donors (Lipinski definition) is 1. The summed E-state index contributed by atoms with van der Waals surface area (Å²) in [5, 5.41) is 4.12. The maximum atomic E-state index is 6.01. The highest BCUT2D eigenvalue weighted by Crippen LogP contribution is 2.35. The van der Waals surface area contributed by atoms with Crippen molar-refractivity contribution < 1.29 is 4.74 Å². The van der Waals surface area contributed by atoms with Gasteiger partial charge in [-0.3, -0.25) is 0 Å². The monoisotopic (exact) mass is 211 g/mol. The van der Waals surface area contributed by atoms with Crippen LogP contribution in [0.2, 0.25) is 5.02 Å². The highest BCUT2D eigenvalue weighted by molar-refractivity contribution is 6.31. The van der Waals surface area contributed by atoms with Gasteiger partial charge < -0.3 is 10.1 Å². The van der Waals surface area contributed by atoms with Crippen molar-refractivity contribution in [3.63, 3.8) is 0 Å². The van der Waals surface area contributed by atoms with Crippen LogP contribution in [0.1, 0.15) is 18.9 Å². The molecule has 0 unspecified atom stereocenters. The Kier molecular flexibility index (Phi) is 2.82. The molecule has 1 aromatic rings. The lowest BCUT2D eigenvalue weighted by Crippen LogP contribution is -2.13. The molecule has 0 amide bonds. The van der Waals surface area contributed by atoms with E-state index in [0.29, 0.717) is 6.61 Å². The summed E-state index contributed by atoms with van der Waals surface area (Å²) < 4.78 is 5.54. The van der Waals surface area contributed by atoms with Crippen molar-refractivity contribution in [3.05, 3.63) is 22.7 Å². The Morgan fingerprint density at radius 2 is 2.36 bits per heavy atom. The third-order valence-electron chi connectivity index (χ3n) is 2.37. The van der Waals surface area contributed by atoms with Gasteiger partial charge in [0.1, 0.15) is 5.75 Å². The summed E-state index contributed by atoms with van der Waals surface area (Å²) >= 11 is 6.01. The highest BCUT2D eigenvalue weighted by atomic mass is 35.5. The molecule has 76 valence electrons. The molecule has 2 nitrogen and oxygen atoms in total. The van der Waals surface area contributed by atoms with E-state index in [1.807, 2.05) is 19.1 Å². The number of benzene rings is 1. The van der Waals surface area contributed by atoms with Crippen molar-refractivity contribution in [2.75, 3.05) is 18.5 Å². The Bertz CT molecular complexity index is 338. The zero-order chi connectivity index (χ0) is 9.97. The number of ether oxygens (including phenoxy) is 1. The van der Waals surface area contributed by atoms with Crippen LogP contribution in [0.15, 0.2) is 12.1 Å². The Morgan fingerprint density at radius 1 is 1.50 bits per heavy atom. The summed E-state index contributed by atoms with van der Waals surface area (Å²) in [7, 11) is 0. The minimum Gasteiger partial charge on any atom is -0.492 e. The Morgan fingerprint density at radius 3 is 3.14 bits per heavy atom. The quantitative estimate of drug-likeness (QED) is 0.812. The minimum absolute atomic E-state index is 0.675. The number of fused-ring (bicyclic) bond motifs is 1. The van der Waals surface area contributed by atoms with E-state index in [4.69, 9.17) is 16.3 Å². The van der Waals surface area contributed by atoms with Gasteiger partial charge in [-0.1, -0.05) is 11.6 Å². The molecule has 1 aliphatic heterocycles. The topological polar surface area (TPSA) is 21.3 Å². The van der Waals surface area contributed by atoms with Crippen LogP contribution in [-0.4, -0.2) is 13.2 Å². The van der Waals surface area contributed by atoms with E-state index >= 15 is 0 Å². The molecule has 3 heteroatoms. The minimum atomic E-state index is 0.675. The van der Waals surface area contributed by atoms with Gasteiger partial charge in [0.25, 0.3) is 0 Å². The Labute approximate surface area is 89.2 Å². The molecule has 0 saturated heterocycles. The second-order valence-corrected chi connectivity index (χ2v) is 3.84. The van der Waals surface area contributed by atoms with E-state index in [9.17, 15) is 0 Å². The molecule has 0 bridgehead atoms. The predicted octanol–water partition coefficient (Wildman–Crippen LogP) is 3.10. The fourth-order valence-corrected chi connectivity index (χ4v) is 2.03. The fourth-order valence-electron chi connectivity index (χ4n) is 1.80. The SMILES string of the molecule is CCOc1cc(Cl)cc2c1NCCC2. The molecule has 2 rings (SSSR count). The third-order valence-corrected chi connectivity index (χ3v) is 2.59. The average Bonchev–Trinajstić information content (AvgIpc) is 2.18. The second kappa shape index (κ2) is 4.09. The molecule has 14 heavy (non-hydrogen) atoms. The molecule has 0 radical (unpaired) electrons. The molecule has 0 fully saturated rings. The van der Waals surface area contributed by atoms with E-state index in [0.717, 1.165) is 29.4 Å². The highest BCUT2D eigenvalue weighted by Gasteiger charge is 2.14. The van der Waals surface area contributed by atoms with Crippen molar-refractivity contribution in [2.24, 2.45) is 0 Å². The zero-order valence-electron chi connectivity index (χ0n) is 8.27. The molecular formula is C11H14ClNO. The first kappa shape index (κ1) is 9.66. The van der Waals surface area contributed by atoms with E-state index in [1.54, 1.807) is 0 Å². The molecule has 0 aromatic heterocycles. The number of nitrogens with one attached hydrogen (secondary N) is 1. The molecule has 0 spiro atoms. The van der Waals surface area contributed by atoms with Crippen molar-refractivity contribution >= 4 is 17.3 Å². The first-order valence-electron chi connectivity index (χ1n) is 5.00. The number of rotatable bonds is 2. The molecule has 0 saturated carbocycles. The van der Waals surface area contributed by atoms with Crippen LogP contribution in [-0.2, 0) is 6.42 Å². The zero-order valence-corrected chi connectivity index (χ0v) is 9.03. The normalized spacial score (nSPS) is 14.4. The summed E-state index contributed by atoms with van der Waals surface area (Å²) in [6, 6.07) is 3.90. The van der Waals surface area contributed by atoms with Crippen molar-refractivity contribution in [2.45, 2.75) is 19.8 Å². The van der Waals surface area contributed by atoms with E-state index in [-0.39, 0.29) is 0 Å². The van der Waals surface area contributed by atoms with Gasteiger partial charge in [-0.2, -0.15) is 0 Å². The van der Waals surface area contributed by atoms with Gasteiger partial charge in [-0.15, -0.1) is 0 Å². The predicted molar refractivity (Wildman–Crippen MR) is 59.4 cm³/mol. The first-order chi connectivity index (χ1) is 6.81. The smallest absolute Gasteiger partial charge is 0.144 e. The van der Waals surface area contributed by atoms with Crippen molar-refractivity contribution in [1.82, 2.24) is 0 Å². The van der Waals surface area contributed by atoms with Gasteiger partial charge in [-0.25, -0.2) is 0 Å². The van der Waals surface area contributed by atoms with Gasteiger partial charge in [0.2, 0.25) is 0 Å². The van der Waals surface area contributed by atoms with Gasteiger partial charge >= 0.3 is 0 Å². The van der Waals surface area contributed by atoms with Crippen LogP contribution < -0.4 is 10.1 Å². The molecule has 0 aliphatic carbocycles.